The Labute approximate surface area is 226 Å². The summed E-state index contributed by atoms with van der Waals surface area (Å²) < 4.78 is 21.8. The Hall–Kier alpha value is -4.98. The van der Waals surface area contributed by atoms with Gasteiger partial charge in [-0.25, -0.2) is 4.98 Å². The maximum Gasteiger partial charge on any atom is 0.244 e. The number of nitrogens with zero attached hydrogens (tertiary/aromatic N) is 1. The third-order valence-electron chi connectivity index (χ3n) is 6.47. The summed E-state index contributed by atoms with van der Waals surface area (Å²) in [6.45, 7) is 0.249. The van der Waals surface area contributed by atoms with Gasteiger partial charge in [0.2, 0.25) is 11.7 Å². The number of nitrogens with one attached hydrogen (secondary N) is 2. The van der Waals surface area contributed by atoms with E-state index in [0.717, 1.165) is 38.7 Å². The molecule has 0 bridgehead atoms. The summed E-state index contributed by atoms with van der Waals surface area (Å²) in [6.07, 6.45) is 3.26. The van der Waals surface area contributed by atoms with Crippen molar-refractivity contribution in [3.63, 3.8) is 0 Å². The number of benzene rings is 3. The molecule has 0 aliphatic rings. The zero-order valence-electron chi connectivity index (χ0n) is 22.2. The first kappa shape index (κ1) is 25.7. The van der Waals surface area contributed by atoms with Crippen molar-refractivity contribution in [2.75, 3.05) is 28.4 Å². The third-order valence-corrected chi connectivity index (χ3v) is 6.47. The van der Waals surface area contributed by atoms with Crippen molar-refractivity contribution in [1.82, 2.24) is 15.3 Å². The molecule has 0 saturated heterocycles. The molecule has 1 amide bonds. The number of carbonyl (C=O) groups excluding carboxylic acids is 1. The van der Waals surface area contributed by atoms with Crippen molar-refractivity contribution in [2.45, 2.75) is 6.54 Å². The van der Waals surface area contributed by atoms with Gasteiger partial charge in [-0.15, -0.1) is 0 Å². The number of para-hydroxylation sites is 1. The van der Waals surface area contributed by atoms with Crippen LogP contribution in [0.4, 0.5) is 0 Å². The van der Waals surface area contributed by atoms with Gasteiger partial charge in [0.1, 0.15) is 5.75 Å². The highest BCUT2D eigenvalue weighted by atomic mass is 16.5. The molecule has 5 rings (SSSR count). The fourth-order valence-electron chi connectivity index (χ4n) is 4.54. The Morgan fingerprint density at radius 2 is 1.59 bits per heavy atom. The first-order chi connectivity index (χ1) is 19.0. The largest absolute Gasteiger partial charge is 0.497 e. The molecule has 0 fully saturated rings. The molecule has 2 heterocycles. The smallest absolute Gasteiger partial charge is 0.244 e. The molecule has 2 aromatic heterocycles. The number of amides is 1. The molecule has 0 aliphatic carbocycles. The number of fused-ring (bicyclic) bond motifs is 3. The van der Waals surface area contributed by atoms with Crippen LogP contribution in [0.25, 0.3) is 39.1 Å². The molecule has 2 N–H and O–H groups in total. The Morgan fingerprint density at radius 1 is 0.872 bits per heavy atom. The zero-order valence-corrected chi connectivity index (χ0v) is 22.2. The van der Waals surface area contributed by atoms with Crippen molar-refractivity contribution in [3.8, 4) is 34.3 Å². The highest BCUT2D eigenvalue weighted by Gasteiger charge is 2.19. The van der Waals surface area contributed by atoms with Gasteiger partial charge in [0, 0.05) is 27.9 Å². The van der Waals surface area contributed by atoms with Crippen molar-refractivity contribution in [2.24, 2.45) is 0 Å². The van der Waals surface area contributed by atoms with Crippen molar-refractivity contribution < 1.29 is 23.7 Å². The van der Waals surface area contributed by atoms with Gasteiger partial charge in [-0.2, -0.15) is 0 Å². The molecule has 8 nitrogen and oxygen atoms in total. The van der Waals surface area contributed by atoms with Gasteiger partial charge in [-0.05, 0) is 48.0 Å². The molecular weight excluding hydrogens is 494 g/mol. The lowest BCUT2D eigenvalue weighted by Gasteiger charge is -2.15. The molecule has 0 atom stereocenters. The standard InChI is InChI=1S/C31H29N3O5/c1-36-22-12-9-19(10-13-22)11-14-28(35)32-18-21-17-24-23-7-5-6-8-25(23)34-30(24)29(33-21)20-15-26(37-2)31(39-4)27(16-20)38-3/h5-17,34H,18H2,1-4H3,(H,32,35)/b14-11+. The molecule has 0 saturated carbocycles. The zero-order chi connectivity index (χ0) is 27.4. The monoisotopic (exact) mass is 523 g/mol. The van der Waals surface area contributed by atoms with E-state index in [1.807, 2.05) is 60.7 Å². The molecule has 5 aromatic rings. The van der Waals surface area contributed by atoms with Crippen LogP contribution in [-0.4, -0.2) is 44.3 Å². The topological polar surface area (TPSA) is 94.7 Å². The van der Waals surface area contributed by atoms with E-state index >= 15 is 0 Å². The summed E-state index contributed by atoms with van der Waals surface area (Å²) >= 11 is 0. The second-order valence-electron chi connectivity index (χ2n) is 8.79. The number of aromatic nitrogens is 2. The number of methoxy groups -OCH3 is 4. The highest BCUT2D eigenvalue weighted by molar-refractivity contribution is 6.11. The molecule has 198 valence electrons. The maximum absolute atomic E-state index is 12.6. The molecule has 3 aromatic carbocycles. The number of carbonyl (C=O) groups is 1. The van der Waals surface area contributed by atoms with E-state index in [-0.39, 0.29) is 12.5 Å². The lowest BCUT2D eigenvalue weighted by atomic mass is 10.1. The fraction of sp³-hybridized carbons (Fsp3) is 0.161. The second-order valence-corrected chi connectivity index (χ2v) is 8.79. The average Bonchev–Trinajstić information content (AvgIpc) is 3.36. The number of aromatic amines is 1. The lowest BCUT2D eigenvalue weighted by Crippen LogP contribution is -2.21. The first-order valence-electron chi connectivity index (χ1n) is 12.3. The van der Waals surface area contributed by atoms with E-state index in [9.17, 15) is 4.79 Å². The Bertz CT molecular complexity index is 1650. The van der Waals surface area contributed by atoms with E-state index in [0.29, 0.717) is 28.6 Å². The van der Waals surface area contributed by atoms with Gasteiger partial charge in [-0.1, -0.05) is 30.3 Å². The van der Waals surface area contributed by atoms with Crippen LogP contribution >= 0.6 is 0 Å². The van der Waals surface area contributed by atoms with Gasteiger partial charge in [0.15, 0.2) is 11.5 Å². The van der Waals surface area contributed by atoms with E-state index in [2.05, 4.69) is 16.4 Å². The van der Waals surface area contributed by atoms with Crippen LogP contribution in [0.3, 0.4) is 0 Å². The quantitative estimate of drug-likeness (QED) is 0.239. The SMILES string of the molecule is COc1ccc(/C=C/C(=O)NCc2cc3c([nH]c4ccccc43)c(-c3cc(OC)c(OC)c(OC)c3)n2)cc1. The summed E-state index contributed by atoms with van der Waals surface area (Å²) in [6, 6.07) is 21.3. The number of ether oxygens (including phenoxy) is 4. The summed E-state index contributed by atoms with van der Waals surface area (Å²) in [7, 11) is 6.35. The van der Waals surface area contributed by atoms with E-state index < -0.39 is 0 Å². The first-order valence-corrected chi connectivity index (χ1v) is 12.3. The summed E-state index contributed by atoms with van der Waals surface area (Å²) in [5, 5.41) is 5.01. The number of pyridine rings is 1. The number of H-pyrrole nitrogens is 1. The third kappa shape index (κ3) is 5.22. The number of rotatable bonds is 9. The van der Waals surface area contributed by atoms with Gasteiger partial charge in [0.05, 0.1) is 51.9 Å². The number of hydrogen-bond acceptors (Lipinski definition) is 6. The van der Waals surface area contributed by atoms with E-state index in [1.165, 1.54) is 6.08 Å². The molecule has 0 aliphatic heterocycles. The van der Waals surface area contributed by atoms with Crippen LogP contribution in [0.5, 0.6) is 23.0 Å². The van der Waals surface area contributed by atoms with Gasteiger partial charge in [0.25, 0.3) is 0 Å². The van der Waals surface area contributed by atoms with Crippen molar-refractivity contribution >= 4 is 33.8 Å². The lowest BCUT2D eigenvalue weighted by molar-refractivity contribution is -0.116. The molecule has 8 heteroatoms. The second kappa shape index (κ2) is 11.2. The summed E-state index contributed by atoms with van der Waals surface area (Å²) in [5.74, 6) is 2.10. The van der Waals surface area contributed by atoms with Gasteiger partial charge >= 0.3 is 0 Å². The number of hydrogen-bond donors (Lipinski definition) is 2. The normalized spacial score (nSPS) is 11.2. The van der Waals surface area contributed by atoms with Crippen LogP contribution in [0.1, 0.15) is 11.3 Å². The molecule has 39 heavy (non-hydrogen) atoms. The predicted octanol–water partition coefficient (Wildman–Crippen LogP) is 5.75. The maximum atomic E-state index is 12.6. The van der Waals surface area contributed by atoms with Gasteiger partial charge in [-0.3, -0.25) is 4.79 Å². The van der Waals surface area contributed by atoms with Crippen molar-refractivity contribution in [3.05, 3.63) is 84.1 Å². The fourth-order valence-corrected chi connectivity index (χ4v) is 4.54. The minimum Gasteiger partial charge on any atom is -0.497 e. The summed E-state index contributed by atoms with van der Waals surface area (Å²) in [5.41, 5.74) is 4.97. The van der Waals surface area contributed by atoms with Crippen LogP contribution in [0.15, 0.2) is 72.8 Å². The van der Waals surface area contributed by atoms with Gasteiger partial charge < -0.3 is 29.2 Å². The highest BCUT2D eigenvalue weighted by Crippen LogP contribution is 2.42. The summed E-state index contributed by atoms with van der Waals surface area (Å²) in [4.78, 5) is 21.1. The van der Waals surface area contributed by atoms with Crippen LogP contribution in [-0.2, 0) is 11.3 Å². The van der Waals surface area contributed by atoms with Crippen LogP contribution in [0, 0.1) is 0 Å². The van der Waals surface area contributed by atoms with Crippen LogP contribution < -0.4 is 24.3 Å². The minimum atomic E-state index is -0.221. The minimum absolute atomic E-state index is 0.221. The van der Waals surface area contributed by atoms with Crippen LogP contribution in [0.2, 0.25) is 0 Å². The van der Waals surface area contributed by atoms with Crippen molar-refractivity contribution in [1.29, 1.82) is 0 Å². The molecule has 0 unspecified atom stereocenters. The molecule has 0 spiro atoms. The molecular formula is C31H29N3O5. The predicted molar refractivity (Wildman–Crippen MR) is 153 cm³/mol. The van der Waals surface area contributed by atoms with E-state index in [1.54, 1.807) is 34.5 Å². The average molecular weight is 524 g/mol. The Balaban J connectivity index is 1.51. The Morgan fingerprint density at radius 3 is 2.26 bits per heavy atom. The molecule has 0 radical (unpaired) electrons. The van der Waals surface area contributed by atoms with E-state index in [4.69, 9.17) is 23.9 Å². The Kier molecular flexibility index (Phi) is 7.36.